The summed E-state index contributed by atoms with van der Waals surface area (Å²) in [4.78, 5) is 6.65. The third-order valence-corrected chi connectivity index (χ3v) is 2.89. The summed E-state index contributed by atoms with van der Waals surface area (Å²) in [5.74, 6) is 6.32. The third-order valence-electron chi connectivity index (χ3n) is 2.89. The minimum atomic E-state index is -0.216. The maximum atomic E-state index is 6.04. The molecule has 0 aromatic carbocycles. The molecule has 0 amide bonds. The molecule has 0 spiro atoms. The SMILES string of the molecule is COCCCN=C(NN)N1CC(C)(C)OC(C)(C)C1. The summed E-state index contributed by atoms with van der Waals surface area (Å²) >= 11 is 0. The van der Waals surface area contributed by atoms with Crippen molar-refractivity contribution < 1.29 is 9.47 Å². The molecule has 1 aliphatic heterocycles. The highest BCUT2D eigenvalue weighted by molar-refractivity contribution is 5.79. The minimum absolute atomic E-state index is 0.216. The first-order chi connectivity index (χ1) is 8.79. The van der Waals surface area contributed by atoms with E-state index in [1.54, 1.807) is 7.11 Å². The molecule has 112 valence electrons. The molecule has 3 N–H and O–H groups in total. The number of hydrogen-bond donors (Lipinski definition) is 2. The van der Waals surface area contributed by atoms with Crippen molar-refractivity contribution in [3.63, 3.8) is 0 Å². The number of ether oxygens (including phenoxy) is 2. The molecule has 0 saturated carbocycles. The second-order valence-electron chi connectivity index (χ2n) is 6.17. The number of guanidine groups is 1. The van der Waals surface area contributed by atoms with Gasteiger partial charge in [-0.2, -0.15) is 0 Å². The predicted octanol–water partition coefficient (Wildman–Crippen LogP) is 0.732. The van der Waals surface area contributed by atoms with Crippen LogP contribution in [-0.2, 0) is 9.47 Å². The van der Waals surface area contributed by atoms with Gasteiger partial charge in [-0.15, -0.1) is 0 Å². The first kappa shape index (κ1) is 16.2. The van der Waals surface area contributed by atoms with Crippen LogP contribution in [0.5, 0.6) is 0 Å². The Morgan fingerprint density at radius 2 is 1.89 bits per heavy atom. The fourth-order valence-corrected chi connectivity index (χ4v) is 2.57. The first-order valence-corrected chi connectivity index (χ1v) is 6.75. The molecule has 1 saturated heterocycles. The molecule has 19 heavy (non-hydrogen) atoms. The largest absolute Gasteiger partial charge is 0.385 e. The third kappa shape index (κ3) is 5.34. The van der Waals surface area contributed by atoms with E-state index in [1.165, 1.54) is 0 Å². The molecule has 0 bridgehead atoms. The van der Waals surface area contributed by atoms with Gasteiger partial charge in [0.05, 0.1) is 11.2 Å². The number of aliphatic imine (C=N–C) groups is 1. The number of hydrogen-bond acceptors (Lipinski definition) is 4. The Kier molecular flexibility index (Phi) is 5.58. The highest BCUT2D eigenvalue weighted by Crippen LogP contribution is 2.27. The fraction of sp³-hybridized carbons (Fsp3) is 0.923. The zero-order valence-corrected chi connectivity index (χ0v) is 12.8. The Hall–Kier alpha value is -0.850. The van der Waals surface area contributed by atoms with E-state index in [1.807, 2.05) is 0 Å². The summed E-state index contributed by atoms with van der Waals surface area (Å²) in [6, 6.07) is 0. The zero-order chi connectivity index (χ0) is 14.5. The molecule has 0 aliphatic carbocycles. The summed E-state index contributed by atoms with van der Waals surface area (Å²) in [6.07, 6.45) is 0.888. The van der Waals surface area contributed by atoms with E-state index in [4.69, 9.17) is 15.3 Å². The lowest BCUT2D eigenvalue weighted by molar-refractivity contribution is -0.167. The van der Waals surface area contributed by atoms with E-state index >= 15 is 0 Å². The second-order valence-corrected chi connectivity index (χ2v) is 6.17. The molecule has 1 aliphatic rings. The number of rotatable bonds is 4. The molecule has 1 rings (SSSR count). The van der Waals surface area contributed by atoms with Crippen LogP contribution in [0.2, 0.25) is 0 Å². The van der Waals surface area contributed by atoms with E-state index < -0.39 is 0 Å². The molecule has 0 aromatic heterocycles. The van der Waals surface area contributed by atoms with E-state index in [2.05, 4.69) is 43.0 Å². The number of methoxy groups -OCH3 is 1. The van der Waals surface area contributed by atoms with Crippen molar-refractivity contribution in [1.29, 1.82) is 0 Å². The highest BCUT2D eigenvalue weighted by atomic mass is 16.5. The molecule has 0 atom stereocenters. The molecular formula is C13H28N4O2. The van der Waals surface area contributed by atoms with Crippen molar-refractivity contribution in [2.24, 2.45) is 10.8 Å². The maximum absolute atomic E-state index is 6.04. The molecule has 6 nitrogen and oxygen atoms in total. The number of morpholine rings is 1. The molecule has 1 fully saturated rings. The molecule has 0 aromatic rings. The van der Waals surface area contributed by atoms with Crippen LogP contribution in [0.3, 0.4) is 0 Å². The van der Waals surface area contributed by atoms with Crippen molar-refractivity contribution in [2.45, 2.75) is 45.3 Å². The maximum Gasteiger partial charge on any atom is 0.208 e. The van der Waals surface area contributed by atoms with Gasteiger partial charge in [-0.05, 0) is 34.1 Å². The van der Waals surface area contributed by atoms with Gasteiger partial charge in [-0.3, -0.25) is 10.4 Å². The Morgan fingerprint density at radius 1 is 1.32 bits per heavy atom. The van der Waals surface area contributed by atoms with Crippen molar-refractivity contribution in [1.82, 2.24) is 10.3 Å². The Labute approximate surface area is 116 Å². The quantitative estimate of drug-likeness (QED) is 0.259. The lowest BCUT2D eigenvalue weighted by Gasteiger charge is -2.47. The summed E-state index contributed by atoms with van der Waals surface area (Å²) in [6.45, 7) is 11.3. The summed E-state index contributed by atoms with van der Waals surface area (Å²) in [5, 5.41) is 0. The Bertz CT molecular complexity index is 300. The van der Waals surface area contributed by atoms with Crippen LogP contribution in [0.4, 0.5) is 0 Å². The van der Waals surface area contributed by atoms with Gasteiger partial charge in [-0.25, -0.2) is 5.84 Å². The van der Waals surface area contributed by atoms with E-state index in [-0.39, 0.29) is 11.2 Å². The Balaban J connectivity index is 2.69. The van der Waals surface area contributed by atoms with Gasteiger partial charge in [-0.1, -0.05) is 0 Å². The topological polar surface area (TPSA) is 72.1 Å². The van der Waals surface area contributed by atoms with E-state index in [0.717, 1.165) is 25.5 Å². The van der Waals surface area contributed by atoms with Crippen molar-refractivity contribution in [3.8, 4) is 0 Å². The van der Waals surface area contributed by atoms with Gasteiger partial charge < -0.3 is 14.4 Å². The highest BCUT2D eigenvalue weighted by Gasteiger charge is 2.39. The number of hydrazine groups is 1. The van der Waals surface area contributed by atoms with Crippen LogP contribution >= 0.6 is 0 Å². The van der Waals surface area contributed by atoms with E-state index in [9.17, 15) is 0 Å². The molecule has 1 heterocycles. The average molecular weight is 272 g/mol. The number of nitrogens with two attached hydrogens (primary N) is 1. The predicted molar refractivity (Wildman–Crippen MR) is 76.9 cm³/mol. The van der Waals surface area contributed by atoms with Gasteiger partial charge in [0.25, 0.3) is 0 Å². The van der Waals surface area contributed by atoms with Gasteiger partial charge in [0.2, 0.25) is 5.96 Å². The summed E-state index contributed by atoms with van der Waals surface area (Å²) < 4.78 is 11.1. The molecule has 0 radical (unpaired) electrons. The van der Waals surface area contributed by atoms with Gasteiger partial charge in [0.15, 0.2) is 0 Å². The summed E-state index contributed by atoms with van der Waals surface area (Å²) in [7, 11) is 1.69. The summed E-state index contributed by atoms with van der Waals surface area (Å²) in [5.41, 5.74) is 2.27. The van der Waals surface area contributed by atoms with Gasteiger partial charge in [0.1, 0.15) is 0 Å². The monoisotopic (exact) mass is 272 g/mol. The van der Waals surface area contributed by atoms with Crippen LogP contribution < -0.4 is 11.3 Å². The van der Waals surface area contributed by atoms with Crippen LogP contribution in [0.1, 0.15) is 34.1 Å². The van der Waals surface area contributed by atoms with Crippen LogP contribution in [0.25, 0.3) is 0 Å². The van der Waals surface area contributed by atoms with Crippen molar-refractivity contribution >= 4 is 5.96 Å². The van der Waals surface area contributed by atoms with Crippen LogP contribution in [-0.4, -0.2) is 55.4 Å². The Morgan fingerprint density at radius 3 is 2.37 bits per heavy atom. The van der Waals surface area contributed by atoms with E-state index in [0.29, 0.717) is 13.2 Å². The molecule has 6 heteroatoms. The standard InChI is InChI=1S/C13H28N4O2/c1-12(2)9-17(10-13(3,4)19-12)11(16-14)15-7-6-8-18-5/h6-10,14H2,1-5H3,(H,15,16). The fourth-order valence-electron chi connectivity index (χ4n) is 2.57. The number of nitrogens with zero attached hydrogens (tertiary/aromatic N) is 2. The van der Waals surface area contributed by atoms with Crippen LogP contribution in [0.15, 0.2) is 4.99 Å². The normalized spacial score (nSPS) is 22.4. The molecular weight excluding hydrogens is 244 g/mol. The second kappa shape index (κ2) is 6.54. The minimum Gasteiger partial charge on any atom is -0.385 e. The van der Waals surface area contributed by atoms with Crippen molar-refractivity contribution in [3.05, 3.63) is 0 Å². The van der Waals surface area contributed by atoms with Gasteiger partial charge >= 0.3 is 0 Å². The lowest BCUT2D eigenvalue weighted by atomic mass is 9.99. The number of nitrogens with one attached hydrogen (secondary N) is 1. The van der Waals surface area contributed by atoms with Crippen LogP contribution in [0, 0.1) is 0 Å². The van der Waals surface area contributed by atoms with Gasteiger partial charge in [0, 0.05) is 33.4 Å². The average Bonchev–Trinajstić information content (AvgIpc) is 2.25. The first-order valence-electron chi connectivity index (χ1n) is 6.75. The lowest BCUT2D eigenvalue weighted by Crippen LogP contribution is -2.61. The zero-order valence-electron chi connectivity index (χ0n) is 12.8. The smallest absolute Gasteiger partial charge is 0.208 e. The molecule has 0 unspecified atom stereocenters. The van der Waals surface area contributed by atoms with Crippen molar-refractivity contribution in [2.75, 3.05) is 33.4 Å².